The van der Waals surface area contributed by atoms with Crippen molar-refractivity contribution < 1.29 is 31.9 Å². The molecule has 0 saturated carbocycles. The molecule has 0 amide bonds. The summed E-state index contributed by atoms with van der Waals surface area (Å²) in [7, 11) is 0. The number of rotatable bonds is 3. The van der Waals surface area contributed by atoms with Gasteiger partial charge in [0.05, 0.1) is 5.56 Å². The van der Waals surface area contributed by atoms with Crippen LogP contribution in [0.5, 0.6) is 0 Å². The van der Waals surface area contributed by atoms with Crippen molar-refractivity contribution in [3.63, 3.8) is 0 Å². The van der Waals surface area contributed by atoms with Gasteiger partial charge in [-0.3, -0.25) is 4.79 Å². The van der Waals surface area contributed by atoms with Crippen LogP contribution >= 0.6 is 0 Å². The van der Waals surface area contributed by atoms with E-state index >= 15 is 0 Å². The highest BCUT2D eigenvalue weighted by atomic mass is 19.4. The molecule has 0 bridgehead atoms. The van der Waals surface area contributed by atoms with Crippen LogP contribution in [0.4, 0.5) is 13.2 Å². The van der Waals surface area contributed by atoms with Gasteiger partial charge in [0.25, 0.3) is 0 Å². The maximum absolute atomic E-state index is 12.5. The van der Waals surface area contributed by atoms with E-state index in [1.54, 1.807) is 20.8 Å². The monoisotopic (exact) mass is 334 g/mol. The lowest BCUT2D eigenvalue weighted by Crippen LogP contribution is -2.25. The van der Waals surface area contributed by atoms with Crippen LogP contribution in [0.1, 0.15) is 63.4 Å². The Labute approximate surface area is 133 Å². The topological polar surface area (TPSA) is 56.5 Å². The fourth-order valence-electron chi connectivity index (χ4n) is 1.86. The number of Topliss-reactive ketones (excluding diaryl/α,β-unsaturated/α-hetero) is 1. The fraction of sp³-hybridized carbons (Fsp3) is 0.625. The SMILES string of the molecule is CC(C)(C)C(=O)c1cc(COC(=O)C(F)(F)F)oc1C(C)(C)C. The zero-order valence-corrected chi connectivity index (χ0v) is 14.1. The van der Waals surface area contributed by atoms with E-state index in [9.17, 15) is 22.8 Å². The van der Waals surface area contributed by atoms with Gasteiger partial charge in [0, 0.05) is 10.8 Å². The third-order valence-electron chi connectivity index (χ3n) is 2.97. The number of alkyl halides is 3. The minimum Gasteiger partial charge on any atom is -0.461 e. The molecule has 0 fully saturated rings. The number of hydrogen-bond donors (Lipinski definition) is 0. The summed E-state index contributed by atoms with van der Waals surface area (Å²) in [4.78, 5) is 23.3. The molecule has 0 unspecified atom stereocenters. The number of esters is 1. The molecule has 1 rings (SSSR count). The van der Waals surface area contributed by atoms with Crippen molar-refractivity contribution in [3.8, 4) is 0 Å². The van der Waals surface area contributed by atoms with E-state index in [0.717, 1.165) is 0 Å². The van der Waals surface area contributed by atoms with E-state index in [4.69, 9.17) is 4.42 Å². The molecule has 23 heavy (non-hydrogen) atoms. The molecule has 0 atom stereocenters. The van der Waals surface area contributed by atoms with Crippen LogP contribution < -0.4 is 0 Å². The Morgan fingerprint density at radius 1 is 1.09 bits per heavy atom. The van der Waals surface area contributed by atoms with Gasteiger partial charge in [-0.25, -0.2) is 4.79 Å². The molecule has 1 aromatic rings. The van der Waals surface area contributed by atoms with Gasteiger partial charge in [-0.05, 0) is 6.07 Å². The average molecular weight is 334 g/mol. The number of ether oxygens (including phenoxy) is 1. The Morgan fingerprint density at radius 2 is 1.61 bits per heavy atom. The summed E-state index contributed by atoms with van der Waals surface area (Å²) in [6, 6.07) is 1.35. The molecule has 0 aliphatic carbocycles. The van der Waals surface area contributed by atoms with Gasteiger partial charge in [-0.1, -0.05) is 41.5 Å². The van der Waals surface area contributed by atoms with Gasteiger partial charge < -0.3 is 9.15 Å². The summed E-state index contributed by atoms with van der Waals surface area (Å²) in [6.07, 6.45) is -5.07. The normalized spacial score (nSPS) is 13.1. The van der Waals surface area contributed by atoms with E-state index in [2.05, 4.69) is 4.74 Å². The Morgan fingerprint density at radius 3 is 2.00 bits per heavy atom. The standard InChI is InChI=1S/C16H21F3O4/c1-14(2,3)11(20)10-7-9(23-12(10)15(4,5)6)8-22-13(21)16(17,18)19/h7H,8H2,1-6H3. The van der Waals surface area contributed by atoms with Crippen molar-refractivity contribution in [2.24, 2.45) is 5.41 Å². The minimum absolute atomic E-state index is 0.000116. The second-order valence-electron chi connectivity index (χ2n) is 7.36. The van der Waals surface area contributed by atoms with E-state index in [1.165, 1.54) is 6.07 Å². The third-order valence-corrected chi connectivity index (χ3v) is 2.97. The van der Waals surface area contributed by atoms with E-state index in [-0.39, 0.29) is 11.5 Å². The first-order chi connectivity index (χ1) is 10.1. The molecule has 0 spiro atoms. The largest absolute Gasteiger partial charge is 0.490 e. The lowest BCUT2D eigenvalue weighted by molar-refractivity contribution is -0.201. The lowest BCUT2D eigenvalue weighted by Gasteiger charge is -2.21. The minimum atomic E-state index is -5.07. The maximum atomic E-state index is 12.5. The quantitative estimate of drug-likeness (QED) is 0.607. The second kappa shape index (κ2) is 6.02. The first-order valence-electron chi connectivity index (χ1n) is 7.06. The van der Waals surface area contributed by atoms with Crippen LogP contribution in [0.2, 0.25) is 0 Å². The van der Waals surface area contributed by atoms with E-state index < -0.39 is 29.6 Å². The molecule has 4 nitrogen and oxygen atoms in total. The van der Waals surface area contributed by atoms with Crippen LogP contribution in [0.3, 0.4) is 0 Å². The predicted octanol–water partition coefficient (Wildman–Crippen LogP) is 4.41. The zero-order chi connectivity index (χ0) is 18.2. The molecule has 0 radical (unpaired) electrons. The lowest BCUT2D eigenvalue weighted by atomic mass is 9.82. The molecule has 0 aliphatic heterocycles. The summed E-state index contributed by atoms with van der Waals surface area (Å²) < 4.78 is 46.1. The Kier molecular flexibility index (Phi) is 5.04. The number of carbonyl (C=O) groups excluding carboxylic acids is 2. The molecule has 1 aromatic heterocycles. The van der Waals surface area contributed by atoms with Crippen molar-refractivity contribution in [1.82, 2.24) is 0 Å². The van der Waals surface area contributed by atoms with Crippen LogP contribution in [-0.4, -0.2) is 17.9 Å². The summed E-state index contributed by atoms with van der Waals surface area (Å²) in [5.41, 5.74) is -0.908. The van der Waals surface area contributed by atoms with Crippen molar-refractivity contribution in [1.29, 1.82) is 0 Å². The maximum Gasteiger partial charge on any atom is 0.490 e. The molecule has 0 aliphatic rings. The highest BCUT2D eigenvalue weighted by Crippen LogP contribution is 2.33. The Bertz CT molecular complexity index is 598. The number of furan rings is 1. The Hall–Kier alpha value is -1.79. The predicted molar refractivity (Wildman–Crippen MR) is 77.0 cm³/mol. The summed E-state index contributed by atoms with van der Waals surface area (Å²) in [6.45, 7) is 9.97. The molecule has 0 saturated heterocycles. The van der Waals surface area contributed by atoms with Crippen molar-refractivity contribution in [3.05, 3.63) is 23.2 Å². The highest BCUT2D eigenvalue weighted by Gasteiger charge is 2.41. The van der Waals surface area contributed by atoms with Gasteiger partial charge in [0.1, 0.15) is 18.1 Å². The molecular formula is C16H21F3O4. The number of halogens is 3. The van der Waals surface area contributed by atoms with E-state index in [0.29, 0.717) is 11.3 Å². The molecule has 0 N–H and O–H groups in total. The fourth-order valence-corrected chi connectivity index (χ4v) is 1.86. The first-order valence-corrected chi connectivity index (χ1v) is 7.06. The zero-order valence-electron chi connectivity index (χ0n) is 14.1. The molecule has 1 heterocycles. The number of hydrogen-bond acceptors (Lipinski definition) is 4. The summed E-state index contributed by atoms with van der Waals surface area (Å²) in [5, 5.41) is 0. The van der Waals surface area contributed by atoms with Gasteiger partial charge in [-0.2, -0.15) is 13.2 Å². The van der Waals surface area contributed by atoms with Gasteiger partial charge in [0.15, 0.2) is 5.78 Å². The van der Waals surface area contributed by atoms with Crippen molar-refractivity contribution in [2.75, 3.05) is 0 Å². The molecule has 7 heteroatoms. The smallest absolute Gasteiger partial charge is 0.461 e. The Balaban J connectivity index is 3.12. The third kappa shape index (κ3) is 4.84. The summed E-state index contributed by atoms with van der Waals surface area (Å²) in [5.74, 6) is -2.13. The highest BCUT2D eigenvalue weighted by molar-refractivity contribution is 6.01. The summed E-state index contributed by atoms with van der Waals surface area (Å²) >= 11 is 0. The first kappa shape index (κ1) is 19.3. The van der Waals surface area contributed by atoms with Crippen LogP contribution in [0.25, 0.3) is 0 Å². The van der Waals surface area contributed by atoms with E-state index in [1.807, 2.05) is 20.8 Å². The molecule has 0 aromatic carbocycles. The van der Waals surface area contributed by atoms with Crippen molar-refractivity contribution >= 4 is 11.8 Å². The second-order valence-corrected chi connectivity index (χ2v) is 7.36. The average Bonchev–Trinajstić information content (AvgIpc) is 2.76. The van der Waals surface area contributed by atoms with Gasteiger partial charge in [0.2, 0.25) is 0 Å². The van der Waals surface area contributed by atoms with Crippen LogP contribution in [0.15, 0.2) is 10.5 Å². The molecule has 130 valence electrons. The number of ketones is 1. The molecular weight excluding hydrogens is 313 g/mol. The number of carbonyl (C=O) groups is 2. The van der Waals surface area contributed by atoms with Crippen molar-refractivity contribution in [2.45, 2.75) is 59.7 Å². The van der Waals surface area contributed by atoms with Gasteiger partial charge in [-0.15, -0.1) is 0 Å². The van der Waals surface area contributed by atoms with Gasteiger partial charge >= 0.3 is 12.1 Å². The van der Waals surface area contributed by atoms with Crippen LogP contribution in [0, 0.1) is 5.41 Å². The van der Waals surface area contributed by atoms with Crippen LogP contribution in [-0.2, 0) is 21.6 Å².